The number of nitriles is 1. The van der Waals surface area contributed by atoms with E-state index in [2.05, 4.69) is 10.6 Å². The van der Waals surface area contributed by atoms with E-state index in [1.807, 2.05) is 19.9 Å². The lowest BCUT2D eigenvalue weighted by Crippen LogP contribution is -2.22. The van der Waals surface area contributed by atoms with Crippen LogP contribution in [0.3, 0.4) is 0 Å². The van der Waals surface area contributed by atoms with E-state index in [0.29, 0.717) is 16.5 Å². The Labute approximate surface area is 129 Å². The van der Waals surface area contributed by atoms with E-state index in [9.17, 15) is 4.79 Å². The van der Waals surface area contributed by atoms with Gasteiger partial charge >= 0.3 is 0 Å². The second-order valence-corrected chi connectivity index (χ2v) is 4.88. The van der Waals surface area contributed by atoms with Gasteiger partial charge in [-0.3, -0.25) is 4.79 Å². The summed E-state index contributed by atoms with van der Waals surface area (Å²) in [6, 6.07) is 6.91. The first-order valence-corrected chi connectivity index (χ1v) is 6.90. The van der Waals surface area contributed by atoms with E-state index in [0.717, 1.165) is 6.42 Å². The van der Waals surface area contributed by atoms with Gasteiger partial charge in [0.15, 0.2) is 0 Å². The van der Waals surface area contributed by atoms with Crippen LogP contribution in [0.2, 0.25) is 5.02 Å². The number of halogens is 1. The molecule has 1 atom stereocenters. The van der Waals surface area contributed by atoms with Crippen LogP contribution in [0.4, 0.5) is 5.69 Å². The van der Waals surface area contributed by atoms with E-state index in [4.69, 9.17) is 21.6 Å². The zero-order valence-electron chi connectivity index (χ0n) is 12.2. The van der Waals surface area contributed by atoms with Crippen molar-refractivity contribution in [1.82, 2.24) is 5.32 Å². The van der Waals surface area contributed by atoms with Crippen LogP contribution in [0.25, 0.3) is 0 Å². The van der Waals surface area contributed by atoms with Crippen molar-refractivity contribution in [2.75, 3.05) is 12.4 Å². The van der Waals surface area contributed by atoms with Crippen molar-refractivity contribution in [2.24, 2.45) is 0 Å². The largest absolute Gasteiger partial charge is 0.495 e. The molecule has 21 heavy (non-hydrogen) atoms. The minimum Gasteiger partial charge on any atom is -0.495 e. The van der Waals surface area contributed by atoms with Gasteiger partial charge in [0.05, 0.1) is 12.8 Å². The molecule has 2 N–H and O–H groups in total. The van der Waals surface area contributed by atoms with Gasteiger partial charge in [-0.05, 0) is 31.5 Å². The lowest BCUT2D eigenvalue weighted by Gasteiger charge is -2.11. The average Bonchev–Trinajstić information content (AvgIpc) is 2.47. The van der Waals surface area contributed by atoms with Gasteiger partial charge in [-0.25, -0.2) is 0 Å². The minimum absolute atomic E-state index is 0.0164. The Morgan fingerprint density at radius 1 is 1.57 bits per heavy atom. The molecule has 0 bridgehead atoms. The van der Waals surface area contributed by atoms with Crippen molar-refractivity contribution in [3.63, 3.8) is 0 Å². The van der Waals surface area contributed by atoms with Crippen LogP contribution in [0.1, 0.15) is 20.3 Å². The molecule has 6 heteroatoms. The molecule has 0 aliphatic rings. The van der Waals surface area contributed by atoms with E-state index < -0.39 is 5.91 Å². The fourth-order valence-corrected chi connectivity index (χ4v) is 1.63. The topological polar surface area (TPSA) is 74.2 Å². The Kier molecular flexibility index (Phi) is 6.57. The number of nitrogens with one attached hydrogen (secondary N) is 2. The van der Waals surface area contributed by atoms with Crippen LogP contribution in [0.15, 0.2) is 30.0 Å². The molecule has 0 radical (unpaired) electrons. The molecule has 0 fully saturated rings. The highest BCUT2D eigenvalue weighted by atomic mass is 35.5. The third-order valence-corrected chi connectivity index (χ3v) is 3.13. The highest BCUT2D eigenvalue weighted by molar-refractivity contribution is 6.31. The molecule has 112 valence electrons. The van der Waals surface area contributed by atoms with Gasteiger partial charge in [0, 0.05) is 17.3 Å². The van der Waals surface area contributed by atoms with Gasteiger partial charge in [-0.15, -0.1) is 0 Å². The summed E-state index contributed by atoms with van der Waals surface area (Å²) < 4.78 is 5.14. The SMILES string of the molecule is CCC(C)N/C=C(/C#N)C(=O)Nc1cc(Cl)ccc1OC. The zero-order chi connectivity index (χ0) is 15.8. The molecule has 1 aromatic rings. The monoisotopic (exact) mass is 307 g/mol. The van der Waals surface area contributed by atoms with E-state index in [1.165, 1.54) is 13.3 Å². The summed E-state index contributed by atoms with van der Waals surface area (Å²) in [4.78, 5) is 12.1. The van der Waals surface area contributed by atoms with Crippen LogP contribution in [0, 0.1) is 11.3 Å². The number of hydrogen-bond donors (Lipinski definition) is 2. The van der Waals surface area contributed by atoms with Gasteiger partial charge in [-0.1, -0.05) is 18.5 Å². The van der Waals surface area contributed by atoms with Gasteiger partial charge < -0.3 is 15.4 Å². The van der Waals surface area contributed by atoms with Crippen molar-refractivity contribution in [3.05, 3.63) is 35.0 Å². The quantitative estimate of drug-likeness (QED) is 0.625. The molecule has 0 heterocycles. The zero-order valence-corrected chi connectivity index (χ0v) is 13.0. The van der Waals surface area contributed by atoms with Crippen molar-refractivity contribution >= 4 is 23.2 Å². The van der Waals surface area contributed by atoms with Crippen LogP contribution in [0.5, 0.6) is 5.75 Å². The molecule has 0 aliphatic carbocycles. The summed E-state index contributed by atoms with van der Waals surface area (Å²) in [5.74, 6) is -0.0474. The maximum absolute atomic E-state index is 12.1. The summed E-state index contributed by atoms with van der Waals surface area (Å²) in [5, 5.41) is 15.1. The number of ether oxygens (including phenoxy) is 1. The third kappa shape index (κ3) is 5.01. The summed E-state index contributed by atoms with van der Waals surface area (Å²) >= 11 is 5.89. The number of carbonyl (C=O) groups excluding carboxylic acids is 1. The Morgan fingerprint density at radius 3 is 2.86 bits per heavy atom. The number of methoxy groups -OCH3 is 1. The number of rotatable bonds is 6. The second kappa shape index (κ2) is 8.18. The predicted molar refractivity (Wildman–Crippen MR) is 83.2 cm³/mol. The fraction of sp³-hybridized carbons (Fsp3) is 0.333. The maximum atomic E-state index is 12.1. The van der Waals surface area contributed by atoms with Crippen LogP contribution < -0.4 is 15.4 Å². The van der Waals surface area contributed by atoms with Crippen LogP contribution in [-0.4, -0.2) is 19.1 Å². The van der Waals surface area contributed by atoms with Gasteiger partial charge in [-0.2, -0.15) is 5.26 Å². The number of amides is 1. The lowest BCUT2D eigenvalue weighted by atomic mass is 10.2. The van der Waals surface area contributed by atoms with Gasteiger partial charge in [0.25, 0.3) is 5.91 Å². The molecule has 0 aromatic heterocycles. The number of nitrogens with zero attached hydrogens (tertiary/aromatic N) is 1. The summed E-state index contributed by atoms with van der Waals surface area (Å²) in [6.07, 6.45) is 2.31. The van der Waals surface area contributed by atoms with Crippen molar-refractivity contribution < 1.29 is 9.53 Å². The lowest BCUT2D eigenvalue weighted by molar-refractivity contribution is -0.112. The molecule has 1 aromatic carbocycles. The minimum atomic E-state index is -0.520. The maximum Gasteiger partial charge on any atom is 0.267 e. The molecule has 1 rings (SSSR count). The summed E-state index contributed by atoms with van der Waals surface area (Å²) in [7, 11) is 1.49. The molecule has 5 nitrogen and oxygen atoms in total. The molecular weight excluding hydrogens is 290 g/mol. The fourth-order valence-electron chi connectivity index (χ4n) is 1.46. The Balaban J connectivity index is 2.89. The molecule has 0 saturated heterocycles. The summed E-state index contributed by atoms with van der Waals surface area (Å²) in [5.41, 5.74) is 0.400. The normalized spacial score (nSPS) is 12.2. The first kappa shape index (κ1) is 16.9. The van der Waals surface area contributed by atoms with Crippen molar-refractivity contribution in [3.8, 4) is 11.8 Å². The van der Waals surface area contributed by atoms with E-state index >= 15 is 0 Å². The Hall–Kier alpha value is -2.19. The first-order chi connectivity index (χ1) is 10.0. The van der Waals surface area contributed by atoms with Crippen LogP contribution in [-0.2, 0) is 4.79 Å². The van der Waals surface area contributed by atoms with Crippen molar-refractivity contribution in [1.29, 1.82) is 5.26 Å². The standard InChI is InChI=1S/C15H18ClN3O2/c1-4-10(2)18-9-11(8-17)15(20)19-13-7-12(16)5-6-14(13)21-3/h5-7,9-10,18H,4H2,1-3H3,(H,19,20)/b11-9-. The van der Waals surface area contributed by atoms with Gasteiger partial charge in [0.1, 0.15) is 17.4 Å². The van der Waals surface area contributed by atoms with Gasteiger partial charge in [0.2, 0.25) is 0 Å². The van der Waals surface area contributed by atoms with Crippen molar-refractivity contribution in [2.45, 2.75) is 26.3 Å². The summed E-state index contributed by atoms with van der Waals surface area (Å²) in [6.45, 7) is 3.97. The number of anilines is 1. The number of carbonyl (C=O) groups is 1. The predicted octanol–water partition coefficient (Wildman–Crippen LogP) is 3.08. The Bertz CT molecular complexity index is 579. The molecule has 1 unspecified atom stereocenters. The Morgan fingerprint density at radius 2 is 2.29 bits per heavy atom. The number of hydrogen-bond acceptors (Lipinski definition) is 4. The van der Waals surface area contributed by atoms with Crippen LogP contribution >= 0.6 is 11.6 Å². The van der Waals surface area contributed by atoms with E-state index in [-0.39, 0.29) is 11.6 Å². The first-order valence-electron chi connectivity index (χ1n) is 6.53. The smallest absolute Gasteiger partial charge is 0.267 e. The second-order valence-electron chi connectivity index (χ2n) is 4.44. The molecular formula is C15H18ClN3O2. The number of benzene rings is 1. The highest BCUT2D eigenvalue weighted by Crippen LogP contribution is 2.27. The third-order valence-electron chi connectivity index (χ3n) is 2.90. The highest BCUT2D eigenvalue weighted by Gasteiger charge is 2.13. The average molecular weight is 308 g/mol. The molecule has 1 amide bonds. The van der Waals surface area contributed by atoms with E-state index in [1.54, 1.807) is 18.2 Å². The molecule has 0 spiro atoms. The molecule has 0 aliphatic heterocycles. The molecule has 0 saturated carbocycles.